The topological polar surface area (TPSA) is 35.1 Å². The summed E-state index contributed by atoms with van der Waals surface area (Å²) < 4.78 is 25.7. The number of halogens is 1. The molecule has 0 aromatic heterocycles. The fraction of sp³-hybridized carbons (Fsp3) is 0.368. The minimum absolute atomic E-state index is 0.0326. The Morgan fingerprint density at radius 1 is 1.04 bits per heavy atom. The van der Waals surface area contributed by atoms with Crippen LogP contribution in [0, 0.1) is 5.82 Å². The van der Waals surface area contributed by atoms with Crippen LogP contribution >= 0.6 is 0 Å². The van der Waals surface area contributed by atoms with E-state index in [1.165, 1.54) is 11.6 Å². The van der Waals surface area contributed by atoms with Crippen molar-refractivity contribution in [3.63, 3.8) is 0 Å². The third-order valence-corrected chi connectivity index (χ3v) is 4.20. The Hall–Kier alpha value is -2.07. The van der Waals surface area contributed by atoms with E-state index in [4.69, 9.17) is 9.47 Å². The minimum atomic E-state index is -0.159. The molecule has 0 bridgehead atoms. The summed E-state index contributed by atoms with van der Waals surface area (Å²) in [6.07, 6.45) is 0.951. The molecule has 23 heavy (non-hydrogen) atoms. The van der Waals surface area contributed by atoms with Gasteiger partial charge in [-0.05, 0) is 43.7 Å². The van der Waals surface area contributed by atoms with Gasteiger partial charge in [-0.15, -0.1) is 0 Å². The van der Waals surface area contributed by atoms with Crippen molar-refractivity contribution in [2.45, 2.75) is 26.3 Å². The monoisotopic (exact) mass is 316 g/mol. The molecule has 0 fully saturated rings. The van der Waals surface area contributed by atoms with E-state index in [1.807, 2.05) is 32.0 Å². The van der Waals surface area contributed by atoms with Gasteiger partial charge in [-0.2, -0.15) is 0 Å². The molecule has 0 saturated heterocycles. The van der Waals surface area contributed by atoms with Gasteiger partial charge in [0.1, 0.15) is 11.9 Å². The van der Waals surface area contributed by atoms with E-state index in [0.29, 0.717) is 13.2 Å². The molecule has 2 aromatic carbocycles. The highest BCUT2D eigenvalue weighted by molar-refractivity contribution is 5.50. The van der Waals surface area contributed by atoms with Gasteiger partial charge in [0.05, 0.1) is 19.8 Å². The van der Waals surface area contributed by atoms with Crippen molar-refractivity contribution in [1.82, 2.24) is 0 Å². The summed E-state index contributed by atoms with van der Waals surface area (Å²) in [6, 6.07) is 11.1. The van der Waals surface area contributed by atoms with Crippen molar-refractivity contribution >= 4 is 0 Å². The van der Waals surface area contributed by atoms with Crippen molar-refractivity contribution in [2.75, 3.05) is 19.8 Å². The molecule has 4 heteroatoms. The highest BCUT2D eigenvalue weighted by Gasteiger charge is 2.29. The van der Waals surface area contributed by atoms with Gasteiger partial charge < -0.3 is 14.8 Å². The number of ether oxygens (including phenoxy) is 2. The predicted molar refractivity (Wildman–Crippen MR) is 87.5 cm³/mol. The van der Waals surface area contributed by atoms with Gasteiger partial charge in [0.2, 0.25) is 0 Å². The largest absolute Gasteiger partial charge is 0.490 e. The lowest BCUT2D eigenvalue weighted by molar-refractivity contribution is -0.690. The first-order valence-electron chi connectivity index (χ1n) is 8.24. The van der Waals surface area contributed by atoms with Crippen molar-refractivity contribution < 1.29 is 19.2 Å². The zero-order valence-electron chi connectivity index (χ0n) is 13.6. The van der Waals surface area contributed by atoms with Gasteiger partial charge in [-0.3, -0.25) is 0 Å². The molecule has 3 rings (SSSR count). The van der Waals surface area contributed by atoms with Gasteiger partial charge in [0.25, 0.3) is 0 Å². The number of benzene rings is 2. The molecule has 0 spiro atoms. The SMILES string of the molecule is CCOc1cc2c(cc1OCC)[C@H](c1ccccc1F)[NH2+]CC2. The van der Waals surface area contributed by atoms with Crippen LogP contribution in [0.15, 0.2) is 36.4 Å². The first-order chi connectivity index (χ1) is 11.2. The van der Waals surface area contributed by atoms with Crippen LogP contribution in [0.3, 0.4) is 0 Å². The fourth-order valence-electron chi connectivity index (χ4n) is 3.21. The third-order valence-electron chi connectivity index (χ3n) is 4.20. The average Bonchev–Trinajstić information content (AvgIpc) is 2.56. The molecule has 0 amide bonds. The molecule has 3 nitrogen and oxygen atoms in total. The fourth-order valence-corrected chi connectivity index (χ4v) is 3.21. The quantitative estimate of drug-likeness (QED) is 0.920. The molecule has 2 N–H and O–H groups in total. The second-order valence-electron chi connectivity index (χ2n) is 5.64. The van der Waals surface area contributed by atoms with Crippen LogP contribution in [-0.4, -0.2) is 19.8 Å². The Morgan fingerprint density at radius 3 is 2.43 bits per heavy atom. The van der Waals surface area contributed by atoms with Crippen LogP contribution in [0.1, 0.15) is 36.6 Å². The lowest BCUT2D eigenvalue weighted by atomic mass is 9.89. The highest BCUT2D eigenvalue weighted by atomic mass is 19.1. The summed E-state index contributed by atoms with van der Waals surface area (Å²) in [5.74, 6) is 1.36. The molecule has 2 aromatic rings. The Bertz CT molecular complexity index is 687. The van der Waals surface area contributed by atoms with Crippen LogP contribution in [0.25, 0.3) is 0 Å². The van der Waals surface area contributed by atoms with E-state index >= 15 is 0 Å². The van der Waals surface area contributed by atoms with Crippen molar-refractivity contribution in [2.24, 2.45) is 0 Å². The number of nitrogens with two attached hydrogens (primary N) is 1. The number of hydrogen-bond acceptors (Lipinski definition) is 2. The number of rotatable bonds is 5. The van der Waals surface area contributed by atoms with Crippen LogP contribution in [0.4, 0.5) is 4.39 Å². The van der Waals surface area contributed by atoms with Gasteiger partial charge in [0, 0.05) is 17.5 Å². The Morgan fingerprint density at radius 2 is 1.74 bits per heavy atom. The number of hydrogen-bond donors (Lipinski definition) is 1. The summed E-state index contributed by atoms with van der Waals surface area (Å²) in [6.45, 7) is 6.03. The van der Waals surface area contributed by atoms with Crippen molar-refractivity contribution in [3.05, 3.63) is 58.9 Å². The number of fused-ring (bicyclic) bond motifs is 1. The smallest absolute Gasteiger partial charge is 0.161 e. The maximum Gasteiger partial charge on any atom is 0.161 e. The zero-order chi connectivity index (χ0) is 16.2. The van der Waals surface area contributed by atoms with Gasteiger partial charge in [-0.25, -0.2) is 4.39 Å². The lowest BCUT2D eigenvalue weighted by Crippen LogP contribution is -2.87. The predicted octanol–water partition coefficient (Wildman–Crippen LogP) is 2.83. The molecule has 0 radical (unpaired) electrons. The molecule has 1 aliphatic rings. The zero-order valence-corrected chi connectivity index (χ0v) is 13.6. The van der Waals surface area contributed by atoms with Gasteiger partial charge >= 0.3 is 0 Å². The van der Waals surface area contributed by atoms with Gasteiger partial charge in [-0.1, -0.05) is 12.1 Å². The first-order valence-corrected chi connectivity index (χ1v) is 8.24. The number of quaternary nitrogens is 1. The third kappa shape index (κ3) is 3.17. The van der Waals surface area contributed by atoms with Crippen LogP contribution < -0.4 is 14.8 Å². The van der Waals surface area contributed by atoms with Crippen LogP contribution in [-0.2, 0) is 6.42 Å². The van der Waals surface area contributed by atoms with Crippen LogP contribution in [0.5, 0.6) is 11.5 Å². The van der Waals surface area contributed by atoms with E-state index in [1.54, 1.807) is 6.07 Å². The Balaban J connectivity index is 2.07. The summed E-state index contributed by atoms with van der Waals surface area (Å²) in [4.78, 5) is 0. The van der Waals surface area contributed by atoms with E-state index in [-0.39, 0.29) is 11.9 Å². The summed E-state index contributed by atoms with van der Waals surface area (Å²) in [5, 5.41) is 2.19. The van der Waals surface area contributed by atoms with Crippen molar-refractivity contribution in [3.8, 4) is 11.5 Å². The van der Waals surface area contributed by atoms with Gasteiger partial charge in [0.15, 0.2) is 11.5 Å². The minimum Gasteiger partial charge on any atom is -0.490 e. The normalized spacial score (nSPS) is 16.7. The van der Waals surface area contributed by atoms with E-state index in [9.17, 15) is 4.39 Å². The maximum absolute atomic E-state index is 14.2. The highest BCUT2D eigenvalue weighted by Crippen LogP contribution is 2.36. The van der Waals surface area contributed by atoms with E-state index < -0.39 is 0 Å². The van der Waals surface area contributed by atoms with Crippen LogP contribution in [0.2, 0.25) is 0 Å². The standard InChI is InChI=1S/C19H22FNO2/c1-3-22-17-11-13-9-10-21-19(14-7-5-6-8-16(14)20)15(13)12-18(17)23-4-2/h5-8,11-12,19,21H,3-4,9-10H2,1-2H3/p+1/t19-/m0/s1. The first kappa shape index (κ1) is 15.8. The molecule has 122 valence electrons. The Kier molecular flexibility index (Phi) is 4.82. The molecule has 0 saturated carbocycles. The maximum atomic E-state index is 14.2. The molecular weight excluding hydrogens is 293 g/mol. The average molecular weight is 316 g/mol. The summed E-state index contributed by atoms with van der Waals surface area (Å²) >= 11 is 0. The summed E-state index contributed by atoms with van der Waals surface area (Å²) in [5.41, 5.74) is 3.06. The molecule has 1 heterocycles. The second kappa shape index (κ2) is 7.01. The molecule has 1 aliphatic heterocycles. The molecule has 0 aliphatic carbocycles. The molecule has 1 atom stereocenters. The second-order valence-corrected chi connectivity index (χ2v) is 5.64. The Labute approximate surface area is 136 Å². The van der Waals surface area contributed by atoms with E-state index in [0.717, 1.165) is 35.6 Å². The molecule has 0 unspecified atom stereocenters. The van der Waals surface area contributed by atoms with Crippen molar-refractivity contribution in [1.29, 1.82) is 0 Å². The molecular formula is C19H23FNO2+. The summed E-state index contributed by atoms with van der Waals surface area (Å²) in [7, 11) is 0. The lowest BCUT2D eigenvalue weighted by Gasteiger charge is -2.26. The van der Waals surface area contributed by atoms with E-state index in [2.05, 4.69) is 11.4 Å².